The van der Waals surface area contributed by atoms with Crippen LogP contribution in [0.2, 0.25) is 0 Å². The summed E-state index contributed by atoms with van der Waals surface area (Å²) in [6, 6.07) is 15.8. The Labute approximate surface area is 163 Å². The van der Waals surface area contributed by atoms with E-state index >= 15 is 0 Å². The minimum atomic E-state index is -0.521. The molecule has 0 aliphatic carbocycles. The van der Waals surface area contributed by atoms with E-state index < -0.39 is 6.10 Å². The van der Waals surface area contributed by atoms with Crippen LogP contribution >= 0.6 is 22.6 Å². The molecule has 1 aliphatic heterocycles. The molecule has 3 nitrogen and oxygen atoms in total. The van der Waals surface area contributed by atoms with E-state index in [0.29, 0.717) is 0 Å². The van der Waals surface area contributed by atoms with E-state index in [9.17, 15) is 10.2 Å². The molecule has 1 heterocycles. The van der Waals surface area contributed by atoms with Crippen molar-refractivity contribution in [3.63, 3.8) is 0 Å². The molecule has 0 spiro atoms. The van der Waals surface area contributed by atoms with E-state index in [4.69, 9.17) is 0 Å². The maximum absolute atomic E-state index is 10.6. The first kappa shape index (κ1) is 18.7. The van der Waals surface area contributed by atoms with Gasteiger partial charge >= 0.3 is 0 Å². The van der Waals surface area contributed by atoms with Crippen molar-refractivity contribution in [3.8, 4) is 5.75 Å². The van der Waals surface area contributed by atoms with Gasteiger partial charge in [0.25, 0.3) is 0 Å². The Bertz CT molecular complexity index is 681. The van der Waals surface area contributed by atoms with Gasteiger partial charge in [0.05, 0.1) is 6.10 Å². The maximum Gasteiger partial charge on any atom is 0.115 e. The van der Waals surface area contributed by atoms with Gasteiger partial charge in [0.15, 0.2) is 0 Å². The molecular weight excluding hydrogens is 425 g/mol. The van der Waals surface area contributed by atoms with E-state index in [1.165, 1.54) is 22.0 Å². The summed E-state index contributed by atoms with van der Waals surface area (Å²) in [5.41, 5.74) is 2.30. The van der Waals surface area contributed by atoms with Crippen molar-refractivity contribution in [1.29, 1.82) is 0 Å². The molecular formula is C21H26INO2. The number of benzene rings is 2. The first-order valence-electron chi connectivity index (χ1n) is 8.98. The van der Waals surface area contributed by atoms with Crippen molar-refractivity contribution in [2.24, 2.45) is 5.92 Å². The third-order valence-corrected chi connectivity index (χ3v) is 6.00. The Morgan fingerprint density at radius 3 is 2.44 bits per heavy atom. The molecule has 0 radical (unpaired) electrons. The van der Waals surface area contributed by atoms with Crippen molar-refractivity contribution in [2.45, 2.75) is 38.3 Å². The Morgan fingerprint density at radius 1 is 1.12 bits per heavy atom. The minimum Gasteiger partial charge on any atom is -0.508 e. The molecule has 1 fully saturated rings. The Hall–Kier alpha value is -1.11. The second-order valence-electron chi connectivity index (χ2n) is 7.09. The lowest BCUT2D eigenvalue weighted by atomic mass is 9.89. The number of aliphatic hydroxyl groups is 1. The molecule has 1 aliphatic rings. The highest BCUT2D eigenvalue weighted by molar-refractivity contribution is 14.1. The lowest BCUT2D eigenvalue weighted by Gasteiger charge is -2.38. The van der Waals surface area contributed by atoms with Crippen molar-refractivity contribution < 1.29 is 10.2 Å². The SMILES string of the molecule is CC(C(O)c1ccc(O)cc1)N1CCC(Cc2cccc(I)c2)CC1. The van der Waals surface area contributed by atoms with Gasteiger partial charge in [0.2, 0.25) is 0 Å². The largest absolute Gasteiger partial charge is 0.508 e. The average molecular weight is 451 g/mol. The normalized spacial score (nSPS) is 18.8. The van der Waals surface area contributed by atoms with E-state index in [0.717, 1.165) is 31.0 Å². The number of likely N-dealkylation sites (tertiary alicyclic amines) is 1. The van der Waals surface area contributed by atoms with Crippen LogP contribution < -0.4 is 0 Å². The molecule has 2 N–H and O–H groups in total. The summed E-state index contributed by atoms with van der Waals surface area (Å²) < 4.78 is 1.30. The lowest BCUT2D eigenvalue weighted by Crippen LogP contribution is -2.43. The predicted molar refractivity (Wildman–Crippen MR) is 110 cm³/mol. The molecule has 4 heteroatoms. The first-order chi connectivity index (χ1) is 12.0. The summed E-state index contributed by atoms with van der Waals surface area (Å²) in [5, 5.41) is 20.0. The fraction of sp³-hybridized carbons (Fsp3) is 0.429. The van der Waals surface area contributed by atoms with Gasteiger partial charge in [-0.15, -0.1) is 0 Å². The third-order valence-electron chi connectivity index (χ3n) is 5.33. The second-order valence-corrected chi connectivity index (χ2v) is 8.34. The number of piperidine rings is 1. The number of aromatic hydroxyl groups is 1. The van der Waals surface area contributed by atoms with E-state index in [2.05, 4.69) is 58.7 Å². The highest BCUT2D eigenvalue weighted by atomic mass is 127. The highest BCUT2D eigenvalue weighted by Crippen LogP contribution is 2.28. The first-order valence-corrected chi connectivity index (χ1v) is 10.1. The zero-order chi connectivity index (χ0) is 17.8. The second kappa shape index (κ2) is 8.52. The van der Waals surface area contributed by atoms with Gasteiger partial charge < -0.3 is 10.2 Å². The summed E-state index contributed by atoms with van der Waals surface area (Å²) in [7, 11) is 0. The number of halogens is 1. The third kappa shape index (κ3) is 4.96. The number of phenolic OH excluding ortho intramolecular Hbond substituents is 1. The van der Waals surface area contributed by atoms with Crippen molar-refractivity contribution >= 4 is 22.6 Å². The van der Waals surface area contributed by atoms with E-state index in [1.807, 2.05) is 0 Å². The van der Waals surface area contributed by atoms with Crippen LogP contribution in [0, 0.1) is 9.49 Å². The molecule has 0 saturated carbocycles. The molecule has 2 unspecified atom stereocenters. The summed E-state index contributed by atoms with van der Waals surface area (Å²) in [6.07, 6.45) is 2.99. The topological polar surface area (TPSA) is 43.7 Å². The number of nitrogens with zero attached hydrogens (tertiary/aromatic N) is 1. The highest BCUT2D eigenvalue weighted by Gasteiger charge is 2.27. The fourth-order valence-corrected chi connectivity index (χ4v) is 4.32. The van der Waals surface area contributed by atoms with Crippen molar-refractivity contribution in [2.75, 3.05) is 13.1 Å². The van der Waals surface area contributed by atoms with Crippen LogP contribution in [0.3, 0.4) is 0 Å². The number of hydrogen-bond donors (Lipinski definition) is 2. The van der Waals surface area contributed by atoms with Crippen molar-refractivity contribution in [1.82, 2.24) is 4.90 Å². The molecule has 0 aromatic heterocycles. The van der Waals surface area contributed by atoms with Gasteiger partial charge in [-0.3, -0.25) is 4.90 Å². The quantitative estimate of drug-likeness (QED) is 0.664. The zero-order valence-electron chi connectivity index (χ0n) is 14.6. The molecule has 0 amide bonds. The molecule has 134 valence electrons. The Balaban J connectivity index is 1.53. The molecule has 3 rings (SSSR count). The van der Waals surface area contributed by atoms with Crippen LogP contribution in [-0.4, -0.2) is 34.2 Å². The van der Waals surface area contributed by atoms with Gasteiger partial charge in [-0.2, -0.15) is 0 Å². The smallest absolute Gasteiger partial charge is 0.115 e. The standard InChI is InChI=1S/C21H26INO2/c1-15(21(25)18-5-7-20(24)8-6-18)23-11-9-16(10-12-23)13-17-3-2-4-19(22)14-17/h2-8,14-16,21,24-25H,9-13H2,1H3. The van der Waals surface area contributed by atoms with E-state index in [-0.39, 0.29) is 11.8 Å². The molecule has 25 heavy (non-hydrogen) atoms. The number of hydrogen-bond acceptors (Lipinski definition) is 3. The zero-order valence-corrected chi connectivity index (χ0v) is 16.8. The van der Waals surface area contributed by atoms with Crippen LogP contribution in [0.25, 0.3) is 0 Å². The van der Waals surface area contributed by atoms with E-state index in [1.54, 1.807) is 24.3 Å². The summed E-state index contributed by atoms with van der Waals surface area (Å²) in [4.78, 5) is 2.39. The molecule has 0 bridgehead atoms. The van der Waals surface area contributed by atoms with Gasteiger partial charge in [0.1, 0.15) is 5.75 Å². The predicted octanol–water partition coefficient (Wildman–Crippen LogP) is 4.37. The molecule has 2 aromatic rings. The van der Waals surface area contributed by atoms with Crippen LogP contribution in [-0.2, 0) is 6.42 Å². The van der Waals surface area contributed by atoms with Crippen LogP contribution in [0.15, 0.2) is 48.5 Å². The van der Waals surface area contributed by atoms with Gasteiger partial charge in [-0.25, -0.2) is 0 Å². The van der Waals surface area contributed by atoms with Gasteiger partial charge in [-0.05, 0) is 103 Å². The van der Waals surface area contributed by atoms with Gasteiger partial charge in [-0.1, -0.05) is 24.3 Å². The monoisotopic (exact) mass is 451 g/mol. The summed E-state index contributed by atoms with van der Waals surface area (Å²) in [6.45, 7) is 4.16. The van der Waals surface area contributed by atoms with Crippen LogP contribution in [0.4, 0.5) is 0 Å². The summed E-state index contributed by atoms with van der Waals surface area (Å²) in [5.74, 6) is 0.965. The number of rotatable bonds is 5. The minimum absolute atomic E-state index is 0.0863. The average Bonchev–Trinajstić information content (AvgIpc) is 2.62. The molecule has 2 atom stereocenters. The summed E-state index contributed by atoms with van der Waals surface area (Å²) >= 11 is 2.37. The lowest BCUT2D eigenvalue weighted by molar-refractivity contribution is 0.0373. The Kier molecular flexibility index (Phi) is 6.36. The molecule has 1 saturated heterocycles. The number of phenols is 1. The Morgan fingerprint density at radius 2 is 1.80 bits per heavy atom. The van der Waals surface area contributed by atoms with Crippen LogP contribution in [0.5, 0.6) is 5.75 Å². The van der Waals surface area contributed by atoms with Crippen LogP contribution in [0.1, 0.15) is 37.0 Å². The van der Waals surface area contributed by atoms with Gasteiger partial charge in [0, 0.05) is 9.61 Å². The fourth-order valence-electron chi connectivity index (χ4n) is 3.71. The number of aliphatic hydroxyl groups excluding tert-OH is 1. The maximum atomic E-state index is 10.6. The molecule has 2 aromatic carbocycles. The van der Waals surface area contributed by atoms with Crippen molar-refractivity contribution in [3.05, 3.63) is 63.2 Å².